The predicted molar refractivity (Wildman–Crippen MR) is 59.1 cm³/mol. The SMILES string of the molecule is O=C(Nc1ncc[nH]c1=O)C1CCNCC1. The molecule has 1 amide bonds. The van der Waals surface area contributed by atoms with Gasteiger partial charge in [0.05, 0.1) is 0 Å². The number of amides is 1. The molecular formula is C10H14N4O2. The molecule has 1 fully saturated rings. The molecule has 2 heterocycles. The number of piperidine rings is 1. The first-order valence-corrected chi connectivity index (χ1v) is 5.32. The molecule has 0 bridgehead atoms. The van der Waals surface area contributed by atoms with Gasteiger partial charge in [-0.05, 0) is 25.9 Å². The number of hydrogen-bond donors (Lipinski definition) is 3. The molecule has 0 radical (unpaired) electrons. The Morgan fingerprint density at radius 3 is 2.88 bits per heavy atom. The summed E-state index contributed by atoms with van der Waals surface area (Å²) < 4.78 is 0. The highest BCUT2D eigenvalue weighted by molar-refractivity contribution is 5.91. The van der Waals surface area contributed by atoms with E-state index in [9.17, 15) is 9.59 Å². The summed E-state index contributed by atoms with van der Waals surface area (Å²) in [5.74, 6) is -0.0700. The molecule has 1 aliphatic heterocycles. The molecule has 16 heavy (non-hydrogen) atoms. The number of aromatic amines is 1. The zero-order chi connectivity index (χ0) is 11.4. The van der Waals surface area contributed by atoms with Gasteiger partial charge in [-0.1, -0.05) is 0 Å². The van der Waals surface area contributed by atoms with Crippen LogP contribution >= 0.6 is 0 Å². The van der Waals surface area contributed by atoms with E-state index in [1.807, 2.05) is 0 Å². The molecule has 1 aromatic heterocycles. The van der Waals surface area contributed by atoms with Crippen LogP contribution in [0.15, 0.2) is 17.2 Å². The summed E-state index contributed by atoms with van der Waals surface area (Å²) in [6, 6.07) is 0. The maximum atomic E-state index is 11.8. The molecule has 1 aliphatic rings. The zero-order valence-electron chi connectivity index (χ0n) is 8.82. The van der Waals surface area contributed by atoms with Crippen LogP contribution in [-0.4, -0.2) is 29.0 Å². The maximum Gasteiger partial charge on any atom is 0.291 e. The summed E-state index contributed by atoms with van der Waals surface area (Å²) >= 11 is 0. The molecule has 0 atom stereocenters. The summed E-state index contributed by atoms with van der Waals surface area (Å²) in [5, 5.41) is 5.74. The molecule has 1 aromatic rings. The minimum Gasteiger partial charge on any atom is -0.324 e. The third-order valence-electron chi connectivity index (χ3n) is 2.66. The number of carbonyl (C=O) groups is 1. The quantitative estimate of drug-likeness (QED) is 0.641. The fourth-order valence-corrected chi connectivity index (χ4v) is 1.74. The van der Waals surface area contributed by atoms with Crippen molar-refractivity contribution >= 4 is 11.7 Å². The number of hydrogen-bond acceptors (Lipinski definition) is 4. The van der Waals surface area contributed by atoms with E-state index in [0.717, 1.165) is 25.9 Å². The monoisotopic (exact) mass is 222 g/mol. The molecule has 1 saturated heterocycles. The van der Waals surface area contributed by atoms with Crippen LogP contribution < -0.4 is 16.2 Å². The largest absolute Gasteiger partial charge is 0.324 e. The van der Waals surface area contributed by atoms with E-state index in [-0.39, 0.29) is 23.2 Å². The smallest absolute Gasteiger partial charge is 0.291 e. The number of anilines is 1. The fourth-order valence-electron chi connectivity index (χ4n) is 1.74. The number of rotatable bonds is 2. The van der Waals surface area contributed by atoms with E-state index in [2.05, 4.69) is 20.6 Å². The van der Waals surface area contributed by atoms with E-state index in [1.165, 1.54) is 12.4 Å². The Morgan fingerprint density at radius 2 is 2.19 bits per heavy atom. The van der Waals surface area contributed by atoms with Crippen molar-refractivity contribution in [3.8, 4) is 0 Å². The van der Waals surface area contributed by atoms with Crippen molar-refractivity contribution in [3.63, 3.8) is 0 Å². The van der Waals surface area contributed by atoms with E-state index in [4.69, 9.17) is 0 Å². The van der Waals surface area contributed by atoms with Crippen molar-refractivity contribution in [2.24, 2.45) is 5.92 Å². The second kappa shape index (κ2) is 4.89. The van der Waals surface area contributed by atoms with Gasteiger partial charge in [-0.2, -0.15) is 0 Å². The van der Waals surface area contributed by atoms with Crippen molar-refractivity contribution in [1.29, 1.82) is 0 Å². The van der Waals surface area contributed by atoms with Crippen molar-refractivity contribution in [3.05, 3.63) is 22.7 Å². The van der Waals surface area contributed by atoms with Gasteiger partial charge in [-0.3, -0.25) is 9.59 Å². The molecule has 0 aliphatic carbocycles. The van der Waals surface area contributed by atoms with Gasteiger partial charge in [0, 0.05) is 18.3 Å². The van der Waals surface area contributed by atoms with Crippen LogP contribution in [0, 0.1) is 5.92 Å². The number of H-pyrrole nitrogens is 1. The van der Waals surface area contributed by atoms with E-state index in [1.54, 1.807) is 0 Å². The van der Waals surface area contributed by atoms with E-state index < -0.39 is 0 Å². The van der Waals surface area contributed by atoms with Crippen molar-refractivity contribution in [2.75, 3.05) is 18.4 Å². The van der Waals surface area contributed by atoms with Crippen molar-refractivity contribution in [1.82, 2.24) is 15.3 Å². The average molecular weight is 222 g/mol. The van der Waals surface area contributed by atoms with Gasteiger partial charge in [-0.25, -0.2) is 4.98 Å². The zero-order valence-corrected chi connectivity index (χ0v) is 8.82. The van der Waals surface area contributed by atoms with Gasteiger partial charge in [0.15, 0.2) is 5.82 Å². The number of carbonyl (C=O) groups excluding carboxylic acids is 1. The average Bonchev–Trinajstić information content (AvgIpc) is 2.33. The molecule has 0 aromatic carbocycles. The Kier molecular flexibility index (Phi) is 3.31. The molecule has 0 unspecified atom stereocenters. The lowest BCUT2D eigenvalue weighted by Gasteiger charge is -2.21. The highest BCUT2D eigenvalue weighted by atomic mass is 16.2. The Bertz CT molecular complexity index is 423. The van der Waals surface area contributed by atoms with Crippen LogP contribution in [0.4, 0.5) is 5.82 Å². The van der Waals surface area contributed by atoms with Crippen molar-refractivity contribution < 1.29 is 4.79 Å². The third kappa shape index (κ3) is 2.46. The molecular weight excluding hydrogens is 208 g/mol. The van der Waals surface area contributed by atoms with Crippen molar-refractivity contribution in [2.45, 2.75) is 12.8 Å². The predicted octanol–water partition coefficient (Wildman–Crippen LogP) is -0.292. The summed E-state index contributed by atoms with van der Waals surface area (Å²) in [5.41, 5.74) is -0.371. The molecule has 0 saturated carbocycles. The van der Waals surface area contributed by atoms with Gasteiger partial charge in [-0.15, -0.1) is 0 Å². The summed E-state index contributed by atoms with van der Waals surface area (Å²) in [4.78, 5) is 29.4. The number of nitrogens with one attached hydrogen (secondary N) is 3. The lowest BCUT2D eigenvalue weighted by molar-refractivity contribution is -0.120. The van der Waals surface area contributed by atoms with E-state index in [0.29, 0.717) is 0 Å². The first-order chi connectivity index (χ1) is 7.77. The molecule has 2 rings (SSSR count). The van der Waals surface area contributed by atoms with Gasteiger partial charge >= 0.3 is 0 Å². The van der Waals surface area contributed by atoms with E-state index >= 15 is 0 Å². The minimum absolute atomic E-state index is 0.0253. The third-order valence-corrected chi connectivity index (χ3v) is 2.66. The molecule has 6 nitrogen and oxygen atoms in total. The Labute approximate surface area is 92.5 Å². The van der Waals surface area contributed by atoms with Crippen LogP contribution in [0.3, 0.4) is 0 Å². The van der Waals surface area contributed by atoms with Gasteiger partial charge < -0.3 is 15.6 Å². The van der Waals surface area contributed by atoms with Crippen LogP contribution in [0.25, 0.3) is 0 Å². The molecule has 0 spiro atoms. The summed E-state index contributed by atoms with van der Waals surface area (Å²) in [6.45, 7) is 1.69. The maximum absolute atomic E-state index is 11.8. The standard InChI is InChI=1S/C10H14N4O2/c15-9(7-1-3-11-4-2-7)14-8-10(16)13-6-5-12-8/h5-7,11H,1-4H2,(H,13,16)(H,12,14,15). The Morgan fingerprint density at radius 1 is 1.44 bits per heavy atom. The van der Waals surface area contributed by atoms with Gasteiger partial charge in [0.2, 0.25) is 5.91 Å². The molecule has 3 N–H and O–H groups in total. The highest BCUT2D eigenvalue weighted by Gasteiger charge is 2.21. The minimum atomic E-state index is -0.371. The number of aromatic nitrogens is 2. The second-order valence-corrected chi connectivity index (χ2v) is 3.78. The van der Waals surface area contributed by atoms with Gasteiger partial charge in [0.1, 0.15) is 0 Å². The Balaban J connectivity index is 2.01. The fraction of sp³-hybridized carbons (Fsp3) is 0.500. The first kappa shape index (κ1) is 10.8. The first-order valence-electron chi connectivity index (χ1n) is 5.32. The summed E-state index contributed by atoms with van der Waals surface area (Å²) in [6.07, 6.45) is 4.48. The summed E-state index contributed by atoms with van der Waals surface area (Å²) in [7, 11) is 0. The second-order valence-electron chi connectivity index (χ2n) is 3.78. The topological polar surface area (TPSA) is 86.9 Å². The van der Waals surface area contributed by atoms with Crippen LogP contribution in [-0.2, 0) is 4.79 Å². The van der Waals surface area contributed by atoms with Gasteiger partial charge in [0.25, 0.3) is 5.56 Å². The van der Waals surface area contributed by atoms with Crippen LogP contribution in [0.2, 0.25) is 0 Å². The molecule has 86 valence electrons. The Hall–Kier alpha value is -1.69. The normalized spacial score (nSPS) is 17.0. The number of nitrogens with zero attached hydrogens (tertiary/aromatic N) is 1. The lowest BCUT2D eigenvalue weighted by Crippen LogP contribution is -2.35. The van der Waals surface area contributed by atoms with Crippen LogP contribution in [0.5, 0.6) is 0 Å². The molecule has 6 heteroatoms. The lowest BCUT2D eigenvalue weighted by atomic mass is 9.97. The highest BCUT2D eigenvalue weighted by Crippen LogP contribution is 2.12. The van der Waals surface area contributed by atoms with Crippen LogP contribution in [0.1, 0.15) is 12.8 Å².